The number of carboxylic acids is 1. The Morgan fingerprint density at radius 3 is 2.87 bits per heavy atom. The van der Waals surface area contributed by atoms with Crippen molar-refractivity contribution >= 4 is 5.97 Å². The highest BCUT2D eigenvalue weighted by Crippen LogP contribution is 2.07. The Morgan fingerprint density at radius 2 is 2.40 bits per heavy atom. The number of aliphatic carboxylic acids is 1. The summed E-state index contributed by atoms with van der Waals surface area (Å²) in [6.45, 7) is 4.57. The molecule has 6 nitrogen and oxygen atoms in total. The van der Waals surface area contributed by atoms with Crippen LogP contribution < -0.4 is 5.32 Å². The van der Waals surface area contributed by atoms with Gasteiger partial charge in [-0.05, 0) is 19.9 Å². The van der Waals surface area contributed by atoms with E-state index in [0.717, 1.165) is 6.42 Å². The predicted octanol–water partition coefficient (Wildman–Crippen LogP) is 0.121. The first-order valence-corrected chi connectivity index (χ1v) is 4.89. The number of carboxylic acid groups (broad SMARTS) is 1. The summed E-state index contributed by atoms with van der Waals surface area (Å²) in [5, 5.41) is 16.0. The molecule has 6 heteroatoms. The summed E-state index contributed by atoms with van der Waals surface area (Å²) in [5.41, 5.74) is -0.996. The second-order valence-electron chi connectivity index (χ2n) is 3.66. The zero-order chi connectivity index (χ0) is 11.3. The van der Waals surface area contributed by atoms with Gasteiger partial charge in [-0.15, -0.1) is 0 Å². The minimum Gasteiger partial charge on any atom is -0.480 e. The third-order valence-corrected chi connectivity index (χ3v) is 2.18. The quantitative estimate of drug-likeness (QED) is 0.700. The van der Waals surface area contributed by atoms with Gasteiger partial charge in [0.05, 0.1) is 6.54 Å². The molecule has 0 saturated heterocycles. The normalized spacial score (nSPS) is 14.8. The second-order valence-corrected chi connectivity index (χ2v) is 3.66. The van der Waals surface area contributed by atoms with E-state index >= 15 is 0 Å². The molecule has 0 radical (unpaired) electrons. The van der Waals surface area contributed by atoms with Crippen LogP contribution in [0, 0.1) is 0 Å². The zero-order valence-corrected chi connectivity index (χ0v) is 8.97. The smallest absolute Gasteiger partial charge is 0.325 e. The lowest BCUT2D eigenvalue weighted by molar-refractivity contribution is -0.144. The molecule has 0 aliphatic heterocycles. The zero-order valence-electron chi connectivity index (χ0n) is 8.97. The van der Waals surface area contributed by atoms with Crippen LogP contribution in [0.3, 0.4) is 0 Å². The van der Waals surface area contributed by atoms with Crippen molar-refractivity contribution in [2.75, 3.05) is 6.54 Å². The van der Waals surface area contributed by atoms with E-state index in [0.29, 0.717) is 6.54 Å². The molecule has 1 rings (SSSR count). The lowest BCUT2D eigenvalue weighted by Crippen LogP contribution is -2.52. The minimum atomic E-state index is -0.996. The minimum absolute atomic E-state index is 0.266. The van der Waals surface area contributed by atoms with Crippen LogP contribution >= 0.6 is 0 Å². The monoisotopic (exact) mass is 212 g/mol. The van der Waals surface area contributed by atoms with E-state index in [2.05, 4.69) is 15.4 Å². The highest BCUT2D eigenvalue weighted by molar-refractivity contribution is 5.78. The predicted molar refractivity (Wildman–Crippen MR) is 54.4 cm³/mol. The molecule has 0 fully saturated rings. The molecule has 0 amide bonds. The Hall–Kier alpha value is -1.43. The summed E-state index contributed by atoms with van der Waals surface area (Å²) < 4.78 is 1.51. The molecule has 1 atom stereocenters. The van der Waals surface area contributed by atoms with Crippen molar-refractivity contribution in [2.24, 2.45) is 0 Å². The molecular formula is C9H16N4O2. The number of hydrogen-bond acceptors (Lipinski definition) is 4. The fraction of sp³-hybridized carbons (Fsp3) is 0.667. The van der Waals surface area contributed by atoms with E-state index in [-0.39, 0.29) is 6.54 Å². The van der Waals surface area contributed by atoms with E-state index < -0.39 is 11.5 Å². The van der Waals surface area contributed by atoms with E-state index in [1.54, 1.807) is 6.92 Å². The molecule has 2 N–H and O–H groups in total. The average Bonchev–Trinajstić information content (AvgIpc) is 2.67. The molecular weight excluding hydrogens is 196 g/mol. The first-order valence-electron chi connectivity index (χ1n) is 4.89. The van der Waals surface area contributed by atoms with Crippen molar-refractivity contribution in [3.8, 4) is 0 Å². The number of carbonyl (C=O) groups is 1. The summed E-state index contributed by atoms with van der Waals surface area (Å²) in [6, 6.07) is 0. The van der Waals surface area contributed by atoms with E-state index in [4.69, 9.17) is 5.11 Å². The molecule has 1 aromatic rings. The molecule has 0 saturated carbocycles. The number of nitrogens with one attached hydrogen (secondary N) is 1. The standard InChI is InChI=1S/C9H16N4O2/c1-3-4-11-9(2,8(14)15)5-13-7-10-6-12-13/h6-7,11H,3-5H2,1-2H3,(H,14,15). The fourth-order valence-electron chi connectivity index (χ4n) is 1.24. The Morgan fingerprint density at radius 1 is 1.67 bits per heavy atom. The van der Waals surface area contributed by atoms with Gasteiger partial charge < -0.3 is 10.4 Å². The summed E-state index contributed by atoms with van der Waals surface area (Å²) >= 11 is 0. The molecule has 84 valence electrons. The maximum Gasteiger partial charge on any atom is 0.325 e. The number of hydrogen-bond donors (Lipinski definition) is 2. The van der Waals surface area contributed by atoms with Crippen molar-refractivity contribution in [3.05, 3.63) is 12.7 Å². The van der Waals surface area contributed by atoms with Gasteiger partial charge in [-0.2, -0.15) is 5.10 Å². The largest absolute Gasteiger partial charge is 0.480 e. The summed E-state index contributed by atoms with van der Waals surface area (Å²) in [6.07, 6.45) is 3.79. The molecule has 15 heavy (non-hydrogen) atoms. The number of rotatable bonds is 6. The Balaban J connectivity index is 2.68. The molecule has 0 aliphatic rings. The molecule has 1 aromatic heterocycles. The van der Waals surface area contributed by atoms with Crippen LogP contribution in [0.25, 0.3) is 0 Å². The van der Waals surface area contributed by atoms with Gasteiger partial charge in [0.15, 0.2) is 0 Å². The van der Waals surface area contributed by atoms with Gasteiger partial charge in [0.2, 0.25) is 0 Å². The molecule has 0 aliphatic carbocycles. The third kappa shape index (κ3) is 3.02. The van der Waals surface area contributed by atoms with Crippen molar-refractivity contribution < 1.29 is 9.90 Å². The number of aromatic nitrogens is 3. The molecule has 1 unspecified atom stereocenters. The molecule has 0 spiro atoms. The summed E-state index contributed by atoms with van der Waals surface area (Å²) in [5.74, 6) is -0.883. The van der Waals surface area contributed by atoms with Crippen LogP contribution in [0.2, 0.25) is 0 Å². The van der Waals surface area contributed by atoms with Crippen LogP contribution in [0.15, 0.2) is 12.7 Å². The SMILES string of the molecule is CCCNC(C)(Cn1cncn1)C(=O)O. The summed E-state index contributed by atoms with van der Waals surface area (Å²) in [4.78, 5) is 14.9. The Kier molecular flexibility index (Phi) is 3.79. The van der Waals surface area contributed by atoms with Gasteiger partial charge in [0, 0.05) is 0 Å². The van der Waals surface area contributed by atoms with Crippen LogP contribution in [0.5, 0.6) is 0 Å². The van der Waals surface area contributed by atoms with Gasteiger partial charge >= 0.3 is 5.97 Å². The first-order chi connectivity index (χ1) is 7.08. The topological polar surface area (TPSA) is 80.0 Å². The fourth-order valence-corrected chi connectivity index (χ4v) is 1.24. The van der Waals surface area contributed by atoms with Crippen LogP contribution in [0.1, 0.15) is 20.3 Å². The second kappa shape index (κ2) is 4.88. The van der Waals surface area contributed by atoms with E-state index in [1.807, 2.05) is 6.92 Å². The Labute approximate surface area is 88.3 Å². The molecule has 0 bridgehead atoms. The van der Waals surface area contributed by atoms with Gasteiger partial charge in [0.1, 0.15) is 18.2 Å². The van der Waals surface area contributed by atoms with Gasteiger partial charge in [-0.1, -0.05) is 6.92 Å². The van der Waals surface area contributed by atoms with E-state index in [1.165, 1.54) is 17.3 Å². The van der Waals surface area contributed by atoms with Crippen molar-refractivity contribution in [3.63, 3.8) is 0 Å². The maximum atomic E-state index is 11.1. The highest BCUT2D eigenvalue weighted by atomic mass is 16.4. The lowest BCUT2D eigenvalue weighted by Gasteiger charge is -2.25. The van der Waals surface area contributed by atoms with E-state index in [9.17, 15) is 4.79 Å². The third-order valence-electron chi connectivity index (χ3n) is 2.18. The molecule has 0 aromatic carbocycles. The maximum absolute atomic E-state index is 11.1. The molecule has 1 heterocycles. The number of nitrogens with zero attached hydrogens (tertiary/aromatic N) is 3. The highest BCUT2D eigenvalue weighted by Gasteiger charge is 2.33. The van der Waals surface area contributed by atoms with Crippen LogP contribution in [-0.2, 0) is 11.3 Å². The van der Waals surface area contributed by atoms with Crippen LogP contribution in [0.4, 0.5) is 0 Å². The van der Waals surface area contributed by atoms with Crippen LogP contribution in [-0.4, -0.2) is 37.9 Å². The van der Waals surface area contributed by atoms with Gasteiger partial charge in [0.25, 0.3) is 0 Å². The average molecular weight is 212 g/mol. The lowest BCUT2D eigenvalue weighted by atomic mass is 10.0. The first kappa shape index (κ1) is 11.6. The van der Waals surface area contributed by atoms with Crippen molar-refractivity contribution in [2.45, 2.75) is 32.4 Å². The Bertz CT molecular complexity index is 312. The van der Waals surface area contributed by atoms with Gasteiger partial charge in [-0.3, -0.25) is 9.48 Å². The van der Waals surface area contributed by atoms with Crippen molar-refractivity contribution in [1.29, 1.82) is 0 Å². The summed E-state index contributed by atoms with van der Waals surface area (Å²) in [7, 11) is 0. The van der Waals surface area contributed by atoms with Gasteiger partial charge in [-0.25, -0.2) is 4.98 Å². The van der Waals surface area contributed by atoms with Crippen molar-refractivity contribution in [1.82, 2.24) is 20.1 Å².